The number of nitrogens with one attached hydrogen (secondary N) is 2. The van der Waals surface area contributed by atoms with Gasteiger partial charge in [0, 0.05) is 34.8 Å². The highest BCUT2D eigenvalue weighted by Gasteiger charge is 2.22. The van der Waals surface area contributed by atoms with Crippen LogP contribution in [0.5, 0.6) is 0 Å². The predicted molar refractivity (Wildman–Crippen MR) is 96.3 cm³/mol. The predicted octanol–water partition coefficient (Wildman–Crippen LogP) is 2.59. The lowest BCUT2D eigenvalue weighted by atomic mass is 10.2. The Morgan fingerprint density at radius 1 is 1.38 bits per heavy atom. The van der Waals surface area contributed by atoms with Gasteiger partial charge in [0.2, 0.25) is 0 Å². The first-order valence-corrected chi connectivity index (χ1v) is 7.98. The van der Waals surface area contributed by atoms with E-state index < -0.39 is 6.10 Å². The quantitative estimate of drug-likeness (QED) is 0.840. The molecule has 2 aromatic rings. The van der Waals surface area contributed by atoms with Crippen molar-refractivity contribution in [1.29, 1.82) is 0 Å². The smallest absolute Gasteiger partial charge is 0.255 e. The van der Waals surface area contributed by atoms with Crippen LogP contribution in [-0.4, -0.2) is 41.5 Å². The number of carbonyl (C=O) groups is 1. The molecule has 1 saturated heterocycles. The van der Waals surface area contributed by atoms with E-state index in [-0.39, 0.29) is 18.3 Å². The van der Waals surface area contributed by atoms with Gasteiger partial charge in [-0.05, 0) is 12.1 Å². The molecule has 0 spiro atoms. The number of hydrogen-bond donors (Lipinski definition) is 2. The summed E-state index contributed by atoms with van der Waals surface area (Å²) in [5.41, 5.74) is 0.755. The third kappa shape index (κ3) is 4.40. The molecule has 1 fully saturated rings. The number of nitrogens with zero attached hydrogens (tertiary/aromatic N) is 2. The van der Waals surface area contributed by atoms with Crippen molar-refractivity contribution in [2.24, 2.45) is 0 Å². The fraction of sp³-hybridized carbons (Fsp3) is 0.333. The normalized spacial score (nSPS) is 17.2. The number of anilines is 1. The van der Waals surface area contributed by atoms with Crippen LogP contribution >= 0.6 is 35.6 Å². The van der Waals surface area contributed by atoms with Crippen LogP contribution in [0.25, 0.3) is 0 Å². The SMILES string of the molecule is Cl.O=C(Nc1ccnn1Cc1c(Cl)cccc1Cl)[C@H]1CNCCO1. The van der Waals surface area contributed by atoms with E-state index in [2.05, 4.69) is 15.7 Å². The van der Waals surface area contributed by atoms with E-state index in [1.807, 2.05) is 0 Å². The molecular weight excluding hydrogens is 375 g/mol. The van der Waals surface area contributed by atoms with Crippen LogP contribution in [0, 0.1) is 0 Å². The highest BCUT2D eigenvalue weighted by atomic mass is 35.5. The average molecular weight is 392 g/mol. The number of morpholine rings is 1. The van der Waals surface area contributed by atoms with Gasteiger partial charge in [0.1, 0.15) is 11.9 Å². The minimum Gasteiger partial charge on any atom is -0.366 e. The second kappa shape index (κ2) is 8.69. The Kier molecular flexibility index (Phi) is 6.89. The van der Waals surface area contributed by atoms with Gasteiger partial charge < -0.3 is 15.4 Å². The van der Waals surface area contributed by atoms with E-state index in [1.165, 1.54) is 0 Å². The van der Waals surface area contributed by atoms with Crippen molar-refractivity contribution in [3.63, 3.8) is 0 Å². The highest BCUT2D eigenvalue weighted by molar-refractivity contribution is 6.35. The van der Waals surface area contributed by atoms with Crippen LogP contribution in [-0.2, 0) is 16.1 Å². The number of hydrogen-bond acceptors (Lipinski definition) is 4. The Labute approximate surface area is 155 Å². The number of benzene rings is 1. The topological polar surface area (TPSA) is 68.2 Å². The first kappa shape index (κ1) is 19.0. The molecule has 1 atom stereocenters. The molecule has 9 heteroatoms. The standard InChI is InChI=1S/C15H16Cl2N4O2.ClH/c16-11-2-1-3-12(17)10(11)9-21-14(4-5-19-21)20-15(22)13-8-18-6-7-23-13;/h1-5,13,18H,6-9H2,(H,20,22);1H/t13-;/m1./s1. The molecule has 1 aromatic heterocycles. The summed E-state index contributed by atoms with van der Waals surface area (Å²) in [6.45, 7) is 2.14. The van der Waals surface area contributed by atoms with Crippen LogP contribution in [0.4, 0.5) is 5.82 Å². The minimum absolute atomic E-state index is 0. The maximum atomic E-state index is 12.2. The highest BCUT2D eigenvalue weighted by Crippen LogP contribution is 2.26. The first-order chi connectivity index (χ1) is 11.1. The summed E-state index contributed by atoms with van der Waals surface area (Å²) >= 11 is 12.4. The zero-order valence-corrected chi connectivity index (χ0v) is 15.0. The Bertz CT molecular complexity index is 682. The summed E-state index contributed by atoms with van der Waals surface area (Å²) < 4.78 is 7.08. The van der Waals surface area contributed by atoms with Gasteiger partial charge in [-0.25, -0.2) is 4.68 Å². The maximum Gasteiger partial charge on any atom is 0.255 e. The summed E-state index contributed by atoms with van der Waals surface area (Å²) in [5, 5.41) is 11.3. The van der Waals surface area contributed by atoms with E-state index in [9.17, 15) is 4.79 Å². The molecule has 3 rings (SSSR count). The molecule has 1 amide bonds. The molecule has 130 valence electrons. The second-order valence-electron chi connectivity index (χ2n) is 5.13. The maximum absolute atomic E-state index is 12.2. The first-order valence-electron chi connectivity index (χ1n) is 7.23. The van der Waals surface area contributed by atoms with Crippen LogP contribution in [0.1, 0.15) is 5.56 Å². The zero-order chi connectivity index (χ0) is 16.2. The Morgan fingerprint density at radius 2 is 2.12 bits per heavy atom. The van der Waals surface area contributed by atoms with Crippen molar-refractivity contribution in [2.75, 3.05) is 25.0 Å². The monoisotopic (exact) mass is 390 g/mol. The molecular formula is C15H17Cl3N4O2. The largest absolute Gasteiger partial charge is 0.366 e. The van der Waals surface area contributed by atoms with Crippen molar-refractivity contribution < 1.29 is 9.53 Å². The molecule has 0 saturated carbocycles. The van der Waals surface area contributed by atoms with E-state index in [0.717, 1.165) is 12.1 Å². The molecule has 1 aliphatic heterocycles. The lowest BCUT2D eigenvalue weighted by Crippen LogP contribution is -2.45. The van der Waals surface area contributed by atoms with Crippen LogP contribution in [0.15, 0.2) is 30.5 Å². The third-order valence-electron chi connectivity index (χ3n) is 3.56. The Hall–Kier alpha value is -1.31. The van der Waals surface area contributed by atoms with Gasteiger partial charge in [-0.3, -0.25) is 4.79 Å². The summed E-state index contributed by atoms with van der Waals surface area (Å²) in [6, 6.07) is 7.05. The Morgan fingerprint density at radius 3 is 2.79 bits per heavy atom. The number of ether oxygens (including phenoxy) is 1. The van der Waals surface area contributed by atoms with Gasteiger partial charge >= 0.3 is 0 Å². The molecule has 1 aromatic carbocycles. The molecule has 24 heavy (non-hydrogen) atoms. The lowest BCUT2D eigenvalue weighted by molar-refractivity contribution is -0.128. The zero-order valence-electron chi connectivity index (χ0n) is 12.7. The van der Waals surface area contributed by atoms with Crippen molar-refractivity contribution in [1.82, 2.24) is 15.1 Å². The van der Waals surface area contributed by atoms with E-state index in [4.69, 9.17) is 27.9 Å². The van der Waals surface area contributed by atoms with Crippen molar-refractivity contribution in [2.45, 2.75) is 12.6 Å². The number of aromatic nitrogens is 2. The summed E-state index contributed by atoms with van der Waals surface area (Å²) in [5.74, 6) is 0.365. The van der Waals surface area contributed by atoms with Gasteiger partial charge in [-0.15, -0.1) is 12.4 Å². The number of rotatable bonds is 4. The molecule has 0 aliphatic carbocycles. The van der Waals surface area contributed by atoms with Crippen LogP contribution in [0.2, 0.25) is 10.0 Å². The Balaban J connectivity index is 0.00000208. The van der Waals surface area contributed by atoms with Crippen molar-refractivity contribution in [3.8, 4) is 0 Å². The molecule has 2 N–H and O–H groups in total. The van der Waals surface area contributed by atoms with Crippen LogP contribution < -0.4 is 10.6 Å². The van der Waals surface area contributed by atoms with Crippen molar-refractivity contribution in [3.05, 3.63) is 46.1 Å². The fourth-order valence-electron chi connectivity index (χ4n) is 2.34. The van der Waals surface area contributed by atoms with Gasteiger partial charge in [-0.1, -0.05) is 29.3 Å². The molecule has 6 nitrogen and oxygen atoms in total. The summed E-state index contributed by atoms with van der Waals surface area (Å²) in [7, 11) is 0. The summed E-state index contributed by atoms with van der Waals surface area (Å²) in [6.07, 6.45) is 1.11. The van der Waals surface area contributed by atoms with E-state index >= 15 is 0 Å². The number of amides is 1. The fourth-order valence-corrected chi connectivity index (χ4v) is 2.86. The number of halogens is 3. The molecule has 1 aliphatic rings. The third-order valence-corrected chi connectivity index (χ3v) is 4.27. The van der Waals surface area contributed by atoms with Gasteiger partial charge in [0.25, 0.3) is 5.91 Å². The molecule has 0 radical (unpaired) electrons. The second-order valence-corrected chi connectivity index (χ2v) is 5.94. The molecule has 0 unspecified atom stereocenters. The molecule has 0 bridgehead atoms. The van der Waals surface area contributed by atoms with Gasteiger partial charge in [-0.2, -0.15) is 5.10 Å². The van der Waals surface area contributed by atoms with Gasteiger partial charge in [0.05, 0.1) is 19.3 Å². The summed E-state index contributed by atoms with van der Waals surface area (Å²) in [4.78, 5) is 12.2. The molecule has 2 heterocycles. The number of carbonyl (C=O) groups excluding carboxylic acids is 1. The van der Waals surface area contributed by atoms with E-state index in [1.54, 1.807) is 35.1 Å². The average Bonchev–Trinajstić information content (AvgIpc) is 2.99. The minimum atomic E-state index is -0.504. The van der Waals surface area contributed by atoms with Gasteiger partial charge in [0.15, 0.2) is 0 Å². The lowest BCUT2D eigenvalue weighted by Gasteiger charge is -2.22. The van der Waals surface area contributed by atoms with Crippen molar-refractivity contribution >= 4 is 47.3 Å². The van der Waals surface area contributed by atoms with Crippen LogP contribution in [0.3, 0.4) is 0 Å². The van der Waals surface area contributed by atoms with E-state index in [0.29, 0.717) is 35.6 Å².